The molecule has 2 heterocycles. The van der Waals surface area contributed by atoms with Crippen LogP contribution in [-0.4, -0.2) is 28.6 Å². The van der Waals surface area contributed by atoms with Gasteiger partial charge in [0.2, 0.25) is 0 Å². The molecule has 42 heavy (non-hydrogen) atoms. The largest absolute Gasteiger partial charge is 0.487 e. The van der Waals surface area contributed by atoms with Gasteiger partial charge in [-0.3, -0.25) is 9.69 Å². The molecule has 1 N–H and O–H groups in total. The predicted octanol–water partition coefficient (Wildman–Crippen LogP) is 6.89. The Morgan fingerprint density at radius 2 is 1.88 bits per heavy atom. The summed E-state index contributed by atoms with van der Waals surface area (Å²) >= 11 is 6.67. The summed E-state index contributed by atoms with van der Waals surface area (Å²) in [4.78, 5) is 26.4. The Labute approximate surface area is 245 Å². The zero-order valence-corrected chi connectivity index (χ0v) is 23.1. The molecule has 9 heteroatoms. The Morgan fingerprint density at radius 3 is 2.71 bits per heavy atom. The van der Waals surface area contributed by atoms with Crippen LogP contribution in [0.2, 0.25) is 5.02 Å². The SMILES string of the molecule is N#Cc1cccc(COc2cc(Oc3cc(=O)oc4c3ccc3ccccc34)c(CN3CCC[C@H]3C(=O)O)cc2Cl)c1. The van der Waals surface area contributed by atoms with Crippen LogP contribution in [-0.2, 0) is 17.9 Å². The lowest BCUT2D eigenvalue weighted by molar-refractivity contribution is -0.142. The van der Waals surface area contributed by atoms with Gasteiger partial charge in [-0.05, 0) is 54.6 Å². The van der Waals surface area contributed by atoms with E-state index < -0.39 is 17.6 Å². The van der Waals surface area contributed by atoms with Crippen molar-refractivity contribution in [3.63, 3.8) is 0 Å². The zero-order chi connectivity index (χ0) is 29.2. The van der Waals surface area contributed by atoms with Crippen LogP contribution < -0.4 is 15.1 Å². The molecule has 1 saturated heterocycles. The molecule has 0 spiro atoms. The van der Waals surface area contributed by atoms with E-state index in [0.717, 1.165) is 22.8 Å². The Kier molecular flexibility index (Phi) is 7.53. The van der Waals surface area contributed by atoms with Crippen molar-refractivity contribution in [1.29, 1.82) is 5.26 Å². The van der Waals surface area contributed by atoms with Gasteiger partial charge >= 0.3 is 11.6 Å². The second kappa shape index (κ2) is 11.6. The maximum atomic E-state index is 12.7. The van der Waals surface area contributed by atoms with Gasteiger partial charge in [0.05, 0.1) is 28.1 Å². The summed E-state index contributed by atoms with van der Waals surface area (Å²) < 4.78 is 18.1. The third-order valence-electron chi connectivity index (χ3n) is 7.40. The molecule has 4 aromatic carbocycles. The second-order valence-electron chi connectivity index (χ2n) is 10.2. The van der Waals surface area contributed by atoms with Crippen molar-refractivity contribution in [3.05, 3.63) is 111 Å². The molecule has 0 amide bonds. The summed E-state index contributed by atoms with van der Waals surface area (Å²) in [6, 6.07) is 24.6. The smallest absolute Gasteiger partial charge is 0.339 e. The van der Waals surface area contributed by atoms with Gasteiger partial charge in [-0.25, -0.2) is 4.79 Å². The number of carboxylic acids is 1. The van der Waals surface area contributed by atoms with Gasteiger partial charge in [-0.2, -0.15) is 5.26 Å². The molecule has 1 fully saturated rings. The van der Waals surface area contributed by atoms with E-state index in [1.165, 1.54) is 6.07 Å². The Hall–Kier alpha value is -4.84. The van der Waals surface area contributed by atoms with E-state index in [9.17, 15) is 20.0 Å². The normalized spacial score (nSPS) is 15.1. The quantitative estimate of drug-likeness (QED) is 0.156. The summed E-state index contributed by atoms with van der Waals surface area (Å²) in [5.41, 5.74) is 1.79. The molecule has 0 radical (unpaired) electrons. The van der Waals surface area contributed by atoms with E-state index in [2.05, 4.69) is 6.07 Å². The van der Waals surface area contributed by atoms with Crippen molar-refractivity contribution in [2.75, 3.05) is 6.54 Å². The fraction of sp³-hybridized carbons (Fsp3) is 0.182. The van der Waals surface area contributed by atoms with Crippen LogP contribution in [0.15, 0.2) is 88.1 Å². The van der Waals surface area contributed by atoms with Crippen LogP contribution in [0, 0.1) is 11.3 Å². The number of aliphatic carboxylic acids is 1. The number of likely N-dealkylation sites (tertiary alicyclic amines) is 1. The van der Waals surface area contributed by atoms with Gasteiger partial charge in [0, 0.05) is 23.6 Å². The molecular weight excluding hydrogens is 556 g/mol. The number of carboxylic acid groups (broad SMARTS) is 1. The number of nitriles is 1. The molecule has 1 aliphatic heterocycles. The second-order valence-corrected chi connectivity index (χ2v) is 10.6. The highest BCUT2D eigenvalue weighted by atomic mass is 35.5. The Morgan fingerprint density at radius 1 is 1.02 bits per heavy atom. The van der Waals surface area contributed by atoms with E-state index in [-0.39, 0.29) is 13.2 Å². The highest BCUT2D eigenvalue weighted by Crippen LogP contribution is 2.39. The first-order valence-electron chi connectivity index (χ1n) is 13.4. The van der Waals surface area contributed by atoms with E-state index in [0.29, 0.717) is 57.3 Å². The summed E-state index contributed by atoms with van der Waals surface area (Å²) in [7, 11) is 0. The minimum absolute atomic E-state index is 0.158. The average Bonchev–Trinajstić information content (AvgIpc) is 3.46. The summed E-state index contributed by atoms with van der Waals surface area (Å²) in [6.07, 6.45) is 1.32. The van der Waals surface area contributed by atoms with Gasteiger partial charge in [0.15, 0.2) is 0 Å². The van der Waals surface area contributed by atoms with Crippen LogP contribution >= 0.6 is 11.6 Å². The first-order valence-corrected chi connectivity index (χ1v) is 13.8. The third kappa shape index (κ3) is 5.53. The number of hydrogen-bond acceptors (Lipinski definition) is 7. The average molecular weight is 581 g/mol. The first-order chi connectivity index (χ1) is 20.4. The molecule has 0 saturated carbocycles. The van der Waals surface area contributed by atoms with Crippen molar-refractivity contribution >= 4 is 39.3 Å². The molecule has 1 aliphatic rings. The molecule has 210 valence electrons. The third-order valence-corrected chi connectivity index (χ3v) is 7.70. The maximum absolute atomic E-state index is 12.7. The van der Waals surface area contributed by atoms with Crippen molar-refractivity contribution < 1.29 is 23.8 Å². The zero-order valence-electron chi connectivity index (χ0n) is 22.4. The van der Waals surface area contributed by atoms with Gasteiger partial charge < -0.3 is 19.0 Å². The van der Waals surface area contributed by atoms with Gasteiger partial charge in [0.25, 0.3) is 0 Å². The highest BCUT2D eigenvalue weighted by molar-refractivity contribution is 6.32. The number of hydrogen-bond donors (Lipinski definition) is 1. The molecule has 6 rings (SSSR count). The standard InChI is InChI=1S/C33H25ClN2O6/c34-26-14-23(18-36-12-4-9-27(36)33(38)39)28(15-30(26)40-19-21-6-3-5-20(13-21)17-35)41-29-16-31(37)42-32-24-8-2-1-7-22(24)10-11-25(29)32/h1-3,5-8,10-11,13-16,27H,4,9,12,18-19H2,(H,38,39)/t27-/m0/s1. The topological polar surface area (TPSA) is 113 Å². The van der Waals surface area contributed by atoms with Crippen LogP contribution in [0.4, 0.5) is 0 Å². The fourth-order valence-electron chi connectivity index (χ4n) is 5.38. The first kappa shape index (κ1) is 27.3. The predicted molar refractivity (Wildman–Crippen MR) is 158 cm³/mol. The lowest BCUT2D eigenvalue weighted by Gasteiger charge is -2.23. The van der Waals surface area contributed by atoms with Gasteiger partial charge in [-0.1, -0.05) is 54.1 Å². The lowest BCUT2D eigenvalue weighted by atomic mass is 10.1. The molecule has 5 aromatic rings. The molecule has 8 nitrogen and oxygen atoms in total. The van der Waals surface area contributed by atoms with Crippen LogP contribution in [0.3, 0.4) is 0 Å². The van der Waals surface area contributed by atoms with E-state index >= 15 is 0 Å². The number of halogens is 1. The van der Waals surface area contributed by atoms with Crippen LogP contribution in [0.1, 0.15) is 29.5 Å². The Balaban J connectivity index is 1.41. The number of carbonyl (C=O) groups is 1. The molecule has 0 aliphatic carbocycles. The molecule has 0 unspecified atom stereocenters. The van der Waals surface area contributed by atoms with Crippen molar-refractivity contribution in [3.8, 4) is 23.3 Å². The summed E-state index contributed by atoms with van der Waals surface area (Å²) in [5.74, 6) is 0.126. The fourth-order valence-corrected chi connectivity index (χ4v) is 5.62. The van der Waals surface area contributed by atoms with E-state index in [4.69, 9.17) is 25.5 Å². The summed E-state index contributed by atoms with van der Waals surface area (Å²) in [5, 5.41) is 21.6. The summed E-state index contributed by atoms with van der Waals surface area (Å²) in [6.45, 7) is 1.05. The highest BCUT2D eigenvalue weighted by Gasteiger charge is 2.31. The van der Waals surface area contributed by atoms with Crippen LogP contribution in [0.5, 0.6) is 17.2 Å². The van der Waals surface area contributed by atoms with Crippen molar-refractivity contribution in [1.82, 2.24) is 4.90 Å². The van der Waals surface area contributed by atoms with E-state index in [1.54, 1.807) is 30.3 Å². The minimum Gasteiger partial charge on any atom is -0.487 e. The van der Waals surface area contributed by atoms with Crippen molar-refractivity contribution in [2.45, 2.75) is 32.0 Å². The number of benzene rings is 4. The number of nitrogens with zero attached hydrogens (tertiary/aromatic N) is 2. The maximum Gasteiger partial charge on any atom is 0.339 e. The molecule has 0 bridgehead atoms. The minimum atomic E-state index is -0.876. The monoisotopic (exact) mass is 580 g/mol. The van der Waals surface area contributed by atoms with Crippen molar-refractivity contribution in [2.24, 2.45) is 0 Å². The molecular formula is C33H25ClN2O6. The molecule has 1 atom stereocenters. The van der Waals surface area contributed by atoms with Gasteiger partial charge in [-0.15, -0.1) is 0 Å². The number of fused-ring (bicyclic) bond motifs is 3. The number of ether oxygens (including phenoxy) is 2. The Bertz CT molecular complexity index is 1930. The molecule has 1 aromatic heterocycles. The van der Waals surface area contributed by atoms with Gasteiger partial charge in [0.1, 0.15) is 35.5 Å². The number of rotatable bonds is 8. The van der Waals surface area contributed by atoms with E-state index in [1.807, 2.05) is 47.4 Å². The van der Waals surface area contributed by atoms with Crippen LogP contribution in [0.25, 0.3) is 21.7 Å². The lowest BCUT2D eigenvalue weighted by Crippen LogP contribution is -2.35.